The molecule has 0 fully saturated rings. The Morgan fingerprint density at radius 3 is 2.57 bits per heavy atom. The van der Waals surface area contributed by atoms with Gasteiger partial charge in [-0.15, -0.1) is 0 Å². The Balaban J connectivity index is 1.95. The van der Waals surface area contributed by atoms with Gasteiger partial charge in [0, 0.05) is 17.5 Å². The van der Waals surface area contributed by atoms with Crippen LogP contribution in [0.5, 0.6) is 0 Å². The SMILES string of the molecule is C=C/C(=C\n1ncc(-c2cccc(C(C)(C)C#N)c2)c1C)c1ccc(CCC)cc1. The first-order valence-electron chi connectivity index (χ1n) is 10.4. The lowest BCUT2D eigenvalue weighted by molar-refractivity contribution is 0.687. The maximum atomic E-state index is 9.47. The number of allylic oxidation sites excluding steroid dienone is 2. The van der Waals surface area contributed by atoms with Crippen molar-refractivity contribution in [1.29, 1.82) is 5.26 Å². The van der Waals surface area contributed by atoms with E-state index in [0.29, 0.717) is 0 Å². The molecule has 0 saturated carbocycles. The molecular weight excluding hydrogens is 366 g/mol. The summed E-state index contributed by atoms with van der Waals surface area (Å²) in [7, 11) is 0. The summed E-state index contributed by atoms with van der Waals surface area (Å²) in [5, 5.41) is 14.1. The topological polar surface area (TPSA) is 41.6 Å². The molecule has 3 rings (SSSR count). The van der Waals surface area contributed by atoms with Crippen LogP contribution >= 0.6 is 0 Å². The summed E-state index contributed by atoms with van der Waals surface area (Å²) < 4.78 is 1.90. The lowest BCUT2D eigenvalue weighted by Gasteiger charge is -2.16. The largest absolute Gasteiger partial charge is 0.244 e. The number of hydrogen-bond acceptors (Lipinski definition) is 2. The summed E-state index contributed by atoms with van der Waals surface area (Å²) in [5.74, 6) is 0. The normalized spacial score (nSPS) is 11.9. The second-order valence-corrected chi connectivity index (χ2v) is 8.14. The van der Waals surface area contributed by atoms with Crippen molar-refractivity contribution < 1.29 is 0 Å². The standard InChI is InChI=1S/C27H29N3/c1-6-9-21-12-14-23(15-13-21)22(7-2)18-30-20(3)26(17-29-30)24-10-8-11-25(16-24)27(4,5)19-28/h7-8,10-18H,2,6,9H2,1,3-5H3/b22-18+. The van der Waals surface area contributed by atoms with Crippen molar-refractivity contribution >= 4 is 11.8 Å². The summed E-state index contributed by atoms with van der Waals surface area (Å²) in [6, 6.07) is 19.2. The molecule has 3 aromatic rings. The number of aromatic nitrogens is 2. The number of hydrogen-bond donors (Lipinski definition) is 0. The fourth-order valence-electron chi connectivity index (χ4n) is 3.51. The summed E-state index contributed by atoms with van der Waals surface area (Å²) in [4.78, 5) is 0. The third-order valence-corrected chi connectivity index (χ3v) is 5.53. The molecule has 0 unspecified atom stereocenters. The zero-order chi connectivity index (χ0) is 21.7. The van der Waals surface area contributed by atoms with Crippen molar-refractivity contribution in [2.45, 2.75) is 46.0 Å². The van der Waals surface area contributed by atoms with Crippen molar-refractivity contribution in [3.63, 3.8) is 0 Å². The van der Waals surface area contributed by atoms with Gasteiger partial charge in [0.15, 0.2) is 0 Å². The molecule has 0 aliphatic rings. The van der Waals surface area contributed by atoms with Crippen LogP contribution in [0.2, 0.25) is 0 Å². The third kappa shape index (κ3) is 4.44. The van der Waals surface area contributed by atoms with Gasteiger partial charge in [-0.3, -0.25) is 0 Å². The molecule has 30 heavy (non-hydrogen) atoms. The van der Waals surface area contributed by atoms with E-state index in [0.717, 1.165) is 46.4 Å². The summed E-state index contributed by atoms with van der Waals surface area (Å²) in [6.07, 6.45) is 8.01. The maximum Gasteiger partial charge on any atom is 0.0766 e. The molecule has 0 aliphatic heterocycles. The lowest BCUT2D eigenvalue weighted by atomic mass is 9.85. The van der Waals surface area contributed by atoms with E-state index in [1.54, 1.807) is 0 Å². The van der Waals surface area contributed by atoms with Gasteiger partial charge in [0.05, 0.1) is 17.7 Å². The second-order valence-electron chi connectivity index (χ2n) is 8.14. The van der Waals surface area contributed by atoms with E-state index in [1.807, 2.05) is 49.1 Å². The predicted octanol–water partition coefficient (Wildman–Crippen LogP) is 6.80. The lowest BCUT2D eigenvalue weighted by Crippen LogP contribution is -2.13. The molecule has 0 saturated heterocycles. The van der Waals surface area contributed by atoms with E-state index in [9.17, 15) is 5.26 Å². The molecular formula is C27H29N3. The molecule has 1 aromatic heterocycles. The molecule has 3 heteroatoms. The smallest absolute Gasteiger partial charge is 0.0766 e. The van der Waals surface area contributed by atoms with Gasteiger partial charge in [-0.05, 0) is 61.1 Å². The monoisotopic (exact) mass is 395 g/mol. The van der Waals surface area contributed by atoms with Gasteiger partial charge in [0.2, 0.25) is 0 Å². The Morgan fingerprint density at radius 2 is 1.93 bits per heavy atom. The molecule has 0 radical (unpaired) electrons. The molecule has 0 N–H and O–H groups in total. The Kier molecular flexibility index (Phi) is 6.37. The van der Waals surface area contributed by atoms with Crippen LogP contribution < -0.4 is 0 Å². The molecule has 2 aromatic carbocycles. The van der Waals surface area contributed by atoms with Crippen LogP contribution in [0, 0.1) is 18.3 Å². The van der Waals surface area contributed by atoms with Crippen LogP contribution in [0.3, 0.4) is 0 Å². The van der Waals surface area contributed by atoms with Crippen molar-refractivity contribution in [2.75, 3.05) is 0 Å². The minimum Gasteiger partial charge on any atom is -0.244 e. The van der Waals surface area contributed by atoms with Crippen LogP contribution in [0.1, 0.15) is 49.6 Å². The summed E-state index contributed by atoms with van der Waals surface area (Å²) in [6.45, 7) is 12.1. The van der Waals surface area contributed by atoms with Crippen LogP contribution in [0.15, 0.2) is 67.4 Å². The van der Waals surface area contributed by atoms with Crippen LogP contribution in [0.4, 0.5) is 0 Å². The molecule has 0 aliphatic carbocycles. The molecule has 0 amide bonds. The second kappa shape index (κ2) is 8.97. The Labute approximate surface area is 180 Å². The number of nitriles is 1. The average Bonchev–Trinajstić information content (AvgIpc) is 3.13. The first-order valence-corrected chi connectivity index (χ1v) is 10.4. The molecule has 0 bridgehead atoms. The zero-order valence-electron chi connectivity index (χ0n) is 18.3. The van der Waals surface area contributed by atoms with Gasteiger partial charge in [-0.2, -0.15) is 10.4 Å². The van der Waals surface area contributed by atoms with Gasteiger partial charge in [-0.25, -0.2) is 4.68 Å². The van der Waals surface area contributed by atoms with Crippen LogP contribution in [0.25, 0.3) is 22.9 Å². The average molecular weight is 396 g/mol. The number of aryl methyl sites for hydroxylation is 1. The van der Waals surface area contributed by atoms with E-state index in [4.69, 9.17) is 0 Å². The molecule has 3 nitrogen and oxygen atoms in total. The highest BCUT2D eigenvalue weighted by Gasteiger charge is 2.20. The fraction of sp³-hybridized carbons (Fsp3) is 0.259. The van der Waals surface area contributed by atoms with Crippen LogP contribution in [-0.2, 0) is 11.8 Å². The Hall–Kier alpha value is -3.38. The number of rotatable bonds is 7. The first-order chi connectivity index (χ1) is 14.4. The third-order valence-electron chi connectivity index (χ3n) is 5.53. The van der Waals surface area contributed by atoms with E-state index < -0.39 is 5.41 Å². The van der Waals surface area contributed by atoms with E-state index in [2.05, 4.69) is 68.0 Å². The summed E-state index contributed by atoms with van der Waals surface area (Å²) >= 11 is 0. The van der Waals surface area contributed by atoms with Gasteiger partial charge < -0.3 is 0 Å². The van der Waals surface area contributed by atoms with Gasteiger partial charge in [-0.1, -0.05) is 68.5 Å². The number of nitrogens with zero attached hydrogens (tertiary/aromatic N) is 3. The minimum absolute atomic E-state index is 0.528. The van der Waals surface area contributed by atoms with Gasteiger partial charge in [0.25, 0.3) is 0 Å². The van der Waals surface area contributed by atoms with Gasteiger partial charge in [0.1, 0.15) is 0 Å². The highest BCUT2D eigenvalue weighted by Crippen LogP contribution is 2.30. The minimum atomic E-state index is -0.528. The maximum absolute atomic E-state index is 9.47. The molecule has 152 valence electrons. The van der Waals surface area contributed by atoms with Crippen molar-refractivity contribution in [1.82, 2.24) is 9.78 Å². The Morgan fingerprint density at radius 1 is 1.20 bits per heavy atom. The molecule has 0 spiro atoms. The molecule has 1 heterocycles. The Bertz CT molecular complexity index is 1110. The van der Waals surface area contributed by atoms with Crippen molar-refractivity contribution in [3.8, 4) is 17.2 Å². The van der Waals surface area contributed by atoms with E-state index in [1.165, 1.54) is 5.56 Å². The summed E-state index contributed by atoms with van der Waals surface area (Å²) in [5.41, 5.74) is 7.14. The van der Waals surface area contributed by atoms with Crippen LogP contribution in [-0.4, -0.2) is 9.78 Å². The highest BCUT2D eigenvalue weighted by molar-refractivity contribution is 5.82. The highest BCUT2D eigenvalue weighted by atomic mass is 15.3. The fourth-order valence-corrected chi connectivity index (χ4v) is 3.51. The molecule has 0 atom stereocenters. The van der Waals surface area contributed by atoms with E-state index >= 15 is 0 Å². The van der Waals surface area contributed by atoms with Gasteiger partial charge >= 0.3 is 0 Å². The zero-order valence-corrected chi connectivity index (χ0v) is 18.3. The van der Waals surface area contributed by atoms with E-state index in [-0.39, 0.29) is 0 Å². The predicted molar refractivity (Wildman–Crippen MR) is 126 cm³/mol. The quantitative estimate of drug-likeness (QED) is 0.413. The first kappa shape index (κ1) is 21.3. The number of benzene rings is 2. The van der Waals surface area contributed by atoms with Crippen molar-refractivity contribution in [3.05, 3.63) is 89.8 Å². The van der Waals surface area contributed by atoms with Crippen molar-refractivity contribution in [2.24, 2.45) is 0 Å².